The Morgan fingerprint density at radius 1 is 1.29 bits per heavy atom. The molecule has 6 nitrogen and oxygen atoms in total. The molecule has 2 N–H and O–H groups in total. The van der Waals surface area contributed by atoms with Gasteiger partial charge < -0.3 is 15.4 Å². The Morgan fingerprint density at radius 2 is 2.04 bits per heavy atom. The van der Waals surface area contributed by atoms with Crippen LogP contribution in [0.3, 0.4) is 0 Å². The second-order valence-electron chi connectivity index (χ2n) is 6.05. The van der Waals surface area contributed by atoms with Crippen molar-refractivity contribution in [1.82, 2.24) is 20.4 Å². The number of halogens is 1. The van der Waals surface area contributed by atoms with Gasteiger partial charge in [0, 0.05) is 26.3 Å². The molecule has 1 aromatic heterocycles. The van der Waals surface area contributed by atoms with E-state index in [2.05, 4.69) is 27.6 Å². The number of aryl methyl sites for hydroxylation is 1. The molecule has 0 atom stereocenters. The lowest BCUT2D eigenvalue weighted by Crippen LogP contribution is -2.39. The van der Waals surface area contributed by atoms with Crippen LogP contribution in [-0.4, -0.2) is 41.5 Å². The summed E-state index contributed by atoms with van der Waals surface area (Å²) >= 11 is 0. The maximum atomic E-state index is 6.00. The largest absolute Gasteiger partial charge is 0.376 e. The van der Waals surface area contributed by atoms with Crippen LogP contribution in [0.15, 0.2) is 17.3 Å². The average Bonchev–Trinajstić information content (AvgIpc) is 2.80. The SMILES string of the molecule is CCNC(=NCc1ccnn1C)NCCOC1CCCCCC1.I. The van der Waals surface area contributed by atoms with Gasteiger partial charge in [-0.2, -0.15) is 5.10 Å². The Hall–Kier alpha value is -0.830. The van der Waals surface area contributed by atoms with E-state index in [0.29, 0.717) is 12.6 Å². The van der Waals surface area contributed by atoms with Gasteiger partial charge in [0.05, 0.1) is 24.9 Å². The van der Waals surface area contributed by atoms with E-state index in [1.807, 2.05) is 17.8 Å². The molecule has 0 saturated heterocycles. The first-order chi connectivity index (χ1) is 11.3. The van der Waals surface area contributed by atoms with E-state index in [1.54, 1.807) is 6.20 Å². The summed E-state index contributed by atoms with van der Waals surface area (Å²) in [6.07, 6.45) is 10.0. The van der Waals surface area contributed by atoms with Crippen LogP contribution in [0.4, 0.5) is 0 Å². The lowest BCUT2D eigenvalue weighted by molar-refractivity contribution is 0.0468. The number of aliphatic imine (C=N–C) groups is 1. The zero-order valence-corrected chi connectivity index (χ0v) is 17.3. The normalized spacial score (nSPS) is 16.3. The maximum Gasteiger partial charge on any atom is 0.191 e. The minimum atomic E-state index is 0. The Morgan fingerprint density at radius 3 is 2.67 bits per heavy atom. The standard InChI is InChI=1S/C17H31N5O.HI/c1-3-18-17(20-14-15-10-11-21-22(15)2)19-12-13-23-16-8-6-4-5-7-9-16;/h10-11,16H,3-9,12-14H2,1-2H3,(H2,18,19,20);1H. The highest BCUT2D eigenvalue weighted by Crippen LogP contribution is 2.19. The van der Waals surface area contributed by atoms with E-state index in [0.717, 1.165) is 31.3 Å². The minimum absolute atomic E-state index is 0. The fourth-order valence-corrected chi connectivity index (χ4v) is 2.86. The summed E-state index contributed by atoms with van der Waals surface area (Å²) in [5, 5.41) is 10.8. The fourth-order valence-electron chi connectivity index (χ4n) is 2.86. The molecule has 0 aliphatic heterocycles. The number of hydrogen-bond donors (Lipinski definition) is 2. The number of hydrogen-bond acceptors (Lipinski definition) is 3. The molecule has 0 amide bonds. The Labute approximate surface area is 162 Å². The first-order valence-electron chi connectivity index (χ1n) is 8.90. The third-order valence-electron chi connectivity index (χ3n) is 4.22. The summed E-state index contributed by atoms with van der Waals surface area (Å²) in [7, 11) is 1.94. The molecule has 2 rings (SSSR count). The Balaban J connectivity index is 0.00000288. The number of ether oxygens (including phenoxy) is 1. The number of aromatic nitrogens is 2. The zero-order chi connectivity index (χ0) is 16.3. The number of nitrogens with one attached hydrogen (secondary N) is 2. The molecule has 1 aliphatic rings. The topological polar surface area (TPSA) is 63.5 Å². The van der Waals surface area contributed by atoms with Crippen molar-refractivity contribution in [1.29, 1.82) is 0 Å². The van der Waals surface area contributed by atoms with Gasteiger partial charge in [-0.15, -0.1) is 24.0 Å². The van der Waals surface area contributed by atoms with Crippen LogP contribution in [0, 0.1) is 0 Å². The molecule has 1 aliphatic carbocycles. The van der Waals surface area contributed by atoms with Gasteiger partial charge in [0.15, 0.2) is 5.96 Å². The molecule has 1 saturated carbocycles. The van der Waals surface area contributed by atoms with Crippen LogP contribution in [0.2, 0.25) is 0 Å². The number of nitrogens with zero attached hydrogens (tertiary/aromatic N) is 3. The van der Waals surface area contributed by atoms with Crippen LogP contribution in [0.25, 0.3) is 0 Å². The molecule has 1 aromatic rings. The minimum Gasteiger partial charge on any atom is -0.376 e. The molecular weight excluding hydrogens is 417 g/mol. The predicted molar refractivity (Wildman–Crippen MR) is 109 cm³/mol. The summed E-state index contributed by atoms with van der Waals surface area (Å²) in [4.78, 5) is 4.59. The second-order valence-corrected chi connectivity index (χ2v) is 6.05. The van der Waals surface area contributed by atoms with Crippen LogP contribution in [0.5, 0.6) is 0 Å². The Bertz CT molecular complexity index is 469. The third kappa shape index (κ3) is 7.83. The molecule has 0 unspecified atom stereocenters. The summed E-state index contributed by atoms with van der Waals surface area (Å²) in [5.74, 6) is 0.832. The molecule has 1 fully saturated rings. The highest BCUT2D eigenvalue weighted by Gasteiger charge is 2.12. The van der Waals surface area contributed by atoms with Crippen molar-refractivity contribution in [3.8, 4) is 0 Å². The fraction of sp³-hybridized carbons (Fsp3) is 0.765. The number of guanidine groups is 1. The van der Waals surface area contributed by atoms with E-state index >= 15 is 0 Å². The third-order valence-corrected chi connectivity index (χ3v) is 4.22. The van der Waals surface area contributed by atoms with E-state index in [-0.39, 0.29) is 24.0 Å². The summed E-state index contributed by atoms with van der Waals surface area (Å²) in [6, 6.07) is 1.99. The molecule has 24 heavy (non-hydrogen) atoms. The lowest BCUT2D eigenvalue weighted by atomic mass is 10.1. The van der Waals surface area contributed by atoms with Crippen LogP contribution >= 0.6 is 24.0 Å². The lowest BCUT2D eigenvalue weighted by Gasteiger charge is -2.16. The van der Waals surface area contributed by atoms with E-state index in [9.17, 15) is 0 Å². The summed E-state index contributed by atoms with van der Waals surface area (Å²) < 4.78 is 7.85. The van der Waals surface area contributed by atoms with Gasteiger partial charge in [0.25, 0.3) is 0 Å². The van der Waals surface area contributed by atoms with Crippen molar-refractivity contribution >= 4 is 29.9 Å². The summed E-state index contributed by atoms with van der Waals surface area (Å²) in [5.41, 5.74) is 1.09. The molecule has 0 aromatic carbocycles. The van der Waals surface area contributed by atoms with E-state index in [4.69, 9.17) is 4.74 Å². The molecule has 0 radical (unpaired) electrons. The molecule has 0 bridgehead atoms. The van der Waals surface area contributed by atoms with Crippen molar-refractivity contribution in [2.75, 3.05) is 19.7 Å². The van der Waals surface area contributed by atoms with Crippen molar-refractivity contribution in [3.63, 3.8) is 0 Å². The van der Waals surface area contributed by atoms with E-state index < -0.39 is 0 Å². The van der Waals surface area contributed by atoms with Crippen molar-refractivity contribution in [2.24, 2.45) is 12.0 Å². The monoisotopic (exact) mass is 449 g/mol. The molecule has 0 spiro atoms. The Kier molecular flexibility index (Phi) is 11.1. The predicted octanol–water partition coefficient (Wildman–Crippen LogP) is 2.83. The second kappa shape index (κ2) is 12.5. The molecular formula is C17H32IN5O. The molecule has 7 heteroatoms. The van der Waals surface area contributed by atoms with Crippen LogP contribution in [0.1, 0.15) is 51.1 Å². The highest BCUT2D eigenvalue weighted by molar-refractivity contribution is 14.0. The quantitative estimate of drug-likeness (QED) is 0.221. The van der Waals surface area contributed by atoms with Crippen LogP contribution < -0.4 is 10.6 Å². The van der Waals surface area contributed by atoms with Gasteiger partial charge in [-0.1, -0.05) is 25.7 Å². The van der Waals surface area contributed by atoms with Gasteiger partial charge in [-0.25, -0.2) is 4.99 Å². The van der Waals surface area contributed by atoms with Gasteiger partial charge in [0.2, 0.25) is 0 Å². The molecule has 1 heterocycles. The number of rotatable bonds is 7. The first kappa shape index (κ1) is 21.2. The van der Waals surface area contributed by atoms with E-state index in [1.165, 1.54) is 38.5 Å². The molecule has 138 valence electrons. The zero-order valence-electron chi connectivity index (χ0n) is 15.0. The summed E-state index contributed by atoms with van der Waals surface area (Å²) in [6.45, 7) is 5.06. The van der Waals surface area contributed by atoms with Gasteiger partial charge in [-0.3, -0.25) is 4.68 Å². The first-order valence-corrected chi connectivity index (χ1v) is 8.90. The van der Waals surface area contributed by atoms with Crippen molar-refractivity contribution < 1.29 is 4.74 Å². The van der Waals surface area contributed by atoms with Gasteiger partial charge >= 0.3 is 0 Å². The van der Waals surface area contributed by atoms with Crippen molar-refractivity contribution in [3.05, 3.63) is 18.0 Å². The average molecular weight is 449 g/mol. The highest BCUT2D eigenvalue weighted by atomic mass is 127. The van der Waals surface area contributed by atoms with Crippen LogP contribution in [-0.2, 0) is 18.3 Å². The van der Waals surface area contributed by atoms with Gasteiger partial charge in [-0.05, 0) is 25.8 Å². The maximum absolute atomic E-state index is 6.00. The smallest absolute Gasteiger partial charge is 0.191 e. The van der Waals surface area contributed by atoms with Gasteiger partial charge in [0.1, 0.15) is 0 Å². The van der Waals surface area contributed by atoms with Crippen molar-refractivity contribution in [2.45, 2.75) is 58.1 Å².